The molecule has 5 atom stereocenters. The summed E-state index contributed by atoms with van der Waals surface area (Å²) in [7, 11) is 0. The molecule has 114 valence electrons. The molecule has 21 heavy (non-hydrogen) atoms. The third-order valence-corrected chi connectivity index (χ3v) is 5.79. The summed E-state index contributed by atoms with van der Waals surface area (Å²) in [5, 5.41) is 20.1. The topological polar surface area (TPSA) is 49.7 Å². The van der Waals surface area contributed by atoms with E-state index in [9.17, 15) is 10.2 Å². The van der Waals surface area contributed by atoms with E-state index in [1.807, 2.05) is 18.2 Å². The minimum atomic E-state index is -0.203. The Morgan fingerprint density at radius 3 is 2.67 bits per heavy atom. The molecule has 0 amide bonds. The van der Waals surface area contributed by atoms with E-state index < -0.39 is 0 Å². The van der Waals surface area contributed by atoms with E-state index in [4.69, 9.17) is 4.74 Å². The molecule has 0 aromatic heterocycles. The van der Waals surface area contributed by atoms with Crippen molar-refractivity contribution in [1.29, 1.82) is 0 Å². The first-order valence-corrected chi connectivity index (χ1v) is 7.70. The number of aliphatic hydroxyl groups is 1. The molecule has 1 saturated heterocycles. The number of aliphatic hydroxyl groups excluding tert-OH is 1. The summed E-state index contributed by atoms with van der Waals surface area (Å²) >= 11 is 0. The fraction of sp³-hybridized carbons (Fsp3) is 0.556. The molecule has 3 rings (SSSR count). The largest absolute Gasteiger partial charge is 0.508 e. The van der Waals surface area contributed by atoms with Gasteiger partial charge in [0.2, 0.25) is 0 Å². The maximum Gasteiger partial charge on any atom is 0.121 e. The fourth-order valence-electron chi connectivity index (χ4n) is 4.30. The van der Waals surface area contributed by atoms with Gasteiger partial charge in [-0.25, -0.2) is 0 Å². The van der Waals surface area contributed by atoms with E-state index in [0.29, 0.717) is 18.4 Å². The molecule has 1 aliphatic heterocycles. The number of hydrogen-bond donors (Lipinski definition) is 2. The molecular weight excluding hydrogens is 264 g/mol. The van der Waals surface area contributed by atoms with Crippen LogP contribution in [0.15, 0.2) is 35.9 Å². The van der Waals surface area contributed by atoms with Crippen molar-refractivity contribution in [2.45, 2.75) is 26.9 Å². The molecule has 0 saturated carbocycles. The van der Waals surface area contributed by atoms with Gasteiger partial charge in [-0.05, 0) is 24.8 Å². The van der Waals surface area contributed by atoms with Crippen LogP contribution in [0.3, 0.4) is 0 Å². The SMILES string of the molecule is CC1=C[C@H](C)[C@@]2(CO)CO[C@H](c3ccccc3O)[C@@H]1[C@H]2C. The van der Waals surface area contributed by atoms with Crippen LogP contribution in [0.25, 0.3) is 0 Å². The minimum Gasteiger partial charge on any atom is -0.508 e. The summed E-state index contributed by atoms with van der Waals surface area (Å²) in [6.07, 6.45) is 2.14. The number of rotatable bonds is 2. The number of allylic oxidation sites excluding steroid dienone is 1. The highest BCUT2D eigenvalue weighted by Crippen LogP contribution is 2.56. The van der Waals surface area contributed by atoms with Crippen molar-refractivity contribution < 1.29 is 14.9 Å². The Hall–Kier alpha value is -1.32. The Morgan fingerprint density at radius 2 is 2.00 bits per heavy atom. The van der Waals surface area contributed by atoms with Crippen LogP contribution in [0.5, 0.6) is 5.75 Å². The Labute approximate surface area is 126 Å². The maximum atomic E-state index is 10.2. The average molecular weight is 288 g/mol. The van der Waals surface area contributed by atoms with Crippen molar-refractivity contribution >= 4 is 0 Å². The predicted octanol–water partition coefficient (Wildman–Crippen LogP) is 3.29. The van der Waals surface area contributed by atoms with Gasteiger partial charge in [0.15, 0.2) is 0 Å². The quantitative estimate of drug-likeness (QED) is 0.821. The zero-order valence-electron chi connectivity index (χ0n) is 12.9. The van der Waals surface area contributed by atoms with Gasteiger partial charge in [-0.3, -0.25) is 0 Å². The number of para-hydroxylation sites is 1. The Bertz CT molecular complexity index is 565. The number of ether oxygens (including phenoxy) is 1. The zero-order chi connectivity index (χ0) is 15.2. The molecule has 3 nitrogen and oxygen atoms in total. The van der Waals surface area contributed by atoms with Gasteiger partial charge in [0.05, 0.1) is 19.3 Å². The van der Waals surface area contributed by atoms with Gasteiger partial charge < -0.3 is 14.9 Å². The van der Waals surface area contributed by atoms with Crippen LogP contribution in [0, 0.1) is 23.2 Å². The maximum absolute atomic E-state index is 10.2. The summed E-state index contributed by atoms with van der Waals surface area (Å²) in [5.74, 6) is 1.12. The minimum absolute atomic E-state index is 0.135. The number of phenols is 1. The molecule has 1 aromatic rings. The Kier molecular flexibility index (Phi) is 3.58. The van der Waals surface area contributed by atoms with Crippen LogP contribution in [0.4, 0.5) is 0 Å². The zero-order valence-corrected chi connectivity index (χ0v) is 12.9. The molecule has 1 fully saturated rings. The normalized spacial score (nSPS) is 39.0. The van der Waals surface area contributed by atoms with Crippen molar-refractivity contribution in [2.24, 2.45) is 23.2 Å². The van der Waals surface area contributed by atoms with Gasteiger partial charge >= 0.3 is 0 Å². The number of hydrogen-bond acceptors (Lipinski definition) is 3. The number of aromatic hydroxyl groups is 1. The van der Waals surface area contributed by atoms with E-state index in [2.05, 4.69) is 26.8 Å². The summed E-state index contributed by atoms with van der Waals surface area (Å²) in [6.45, 7) is 7.19. The molecule has 0 spiro atoms. The lowest BCUT2D eigenvalue weighted by molar-refractivity contribution is -0.165. The lowest BCUT2D eigenvalue weighted by Crippen LogP contribution is -2.53. The molecular formula is C18H24O3. The standard InChI is InChI=1S/C18H24O3/c1-11-8-12(2)18(9-19)10-21-17(16(11)13(18)3)14-6-4-5-7-15(14)20/h4-8,12-13,16-17,19-20H,9-10H2,1-3H3/t12-,13+,16-,17+,18+/m0/s1. The van der Waals surface area contributed by atoms with E-state index >= 15 is 0 Å². The molecule has 2 bridgehead atoms. The second-order valence-corrected chi connectivity index (χ2v) is 6.70. The summed E-state index contributed by atoms with van der Waals surface area (Å²) in [4.78, 5) is 0. The highest BCUT2D eigenvalue weighted by molar-refractivity contribution is 5.37. The van der Waals surface area contributed by atoms with Gasteiger partial charge in [-0.2, -0.15) is 0 Å². The van der Waals surface area contributed by atoms with E-state index in [0.717, 1.165) is 5.56 Å². The van der Waals surface area contributed by atoms with Crippen LogP contribution < -0.4 is 0 Å². The summed E-state index contributed by atoms with van der Waals surface area (Å²) < 4.78 is 6.16. The molecule has 1 aromatic carbocycles. The van der Waals surface area contributed by atoms with Crippen molar-refractivity contribution in [1.82, 2.24) is 0 Å². The summed E-state index contributed by atoms with van der Waals surface area (Å²) in [6, 6.07) is 7.40. The van der Waals surface area contributed by atoms with Crippen LogP contribution in [0.2, 0.25) is 0 Å². The van der Waals surface area contributed by atoms with Crippen LogP contribution >= 0.6 is 0 Å². The van der Waals surface area contributed by atoms with Gasteiger partial charge in [0, 0.05) is 16.9 Å². The monoisotopic (exact) mass is 288 g/mol. The van der Waals surface area contributed by atoms with Gasteiger partial charge in [0.25, 0.3) is 0 Å². The van der Waals surface area contributed by atoms with Gasteiger partial charge in [-0.15, -0.1) is 0 Å². The van der Waals surface area contributed by atoms with E-state index in [1.54, 1.807) is 6.07 Å². The third kappa shape index (κ3) is 2.02. The fourth-order valence-corrected chi connectivity index (χ4v) is 4.30. The number of phenolic OH excluding ortho intramolecular Hbond substituents is 1. The van der Waals surface area contributed by atoms with Crippen LogP contribution in [-0.2, 0) is 4.74 Å². The third-order valence-electron chi connectivity index (χ3n) is 5.79. The molecule has 0 radical (unpaired) electrons. The Morgan fingerprint density at radius 1 is 1.29 bits per heavy atom. The lowest BCUT2D eigenvalue weighted by Gasteiger charge is -2.55. The molecule has 1 heterocycles. The number of fused-ring (bicyclic) bond motifs is 2. The molecule has 0 unspecified atom stereocenters. The van der Waals surface area contributed by atoms with Gasteiger partial charge in [-0.1, -0.05) is 43.7 Å². The Balaban J connectivity index is 2.06. The van der Waals surface area contributed by atoms with E-state index in [-0.39, 0.29) is 29.8 Å². The second-order valence-electron chi connectivity index (χ2n) is 6.70. The van der Waals surface area contributed by atoms with Crippen LogP contribution in [-0.4, -0.2) is 23.4 Å². The predicted molar refractivity (Wildman–Crippen MR) is 81.9 cm³/mol. The highest BCUT2D eigenvalue weighted by atomic mass is 16.5. The van der Waals surface area contributed by atoms with Crippen molar-refractivity contribution in [3.05, 3.63) is 41.5 Å². The van der Waals surface area contributed by atoms with E-state index in [1.165, 1.54) is 5.57 Å². The molecule has 2 N–H and O–H groups in total. The summed E-state index contributed by atoms with van der Waals surface area (Å²) in [5.41, 5.74) is 1.95. The average Bonchev–Trinajstić information content (AvgIpc) is 2.46. The molecule has 1 aliphatic carbocycles. The van der Waals surface area contributed by atoms with Crippen molar-refractivity contribution in [3.63, 3.8) is 0 Å². The second kappa shape index (κ2) is 5.15. The van der Waals surface area contributed by atoms with Crippen molar-refractivity contribution in [3.8, 4) is 5.75 Å². The smallest absolute Gasteiger partial charge is 0.121 e. The lowest BCUT2D eigenvalue weighted by atomic mass is 9.56. The molecule has 3 heteroatoms. The highest BCUT2D eigenvalue weighted by Gasteiger charge is 2.53. The van der Waals surface area contributed by atoms with Gasteiger partial charge in [0.1, 0.15) is 5.75 Å². The first-order chi connectivity index (χ1) is 10.0. The first kappa shape index (κ1) is 14.6. The van der Waals surface area contributed by atoms with Crippen molar-refractivity contribution in [2.75, 3.05) is 13.2 Å². The molecule has 2 aliphatic rings. The number of benzene rings is 1. The first-order valence-electron chi connectivity index (χ1n) is 7.70. The van der Waals surface area contributed by atoms with Crippen LogP contribution in [0.1, 0.15) is 32.4 Å².